The summed E-state index contributed by atoms with van der Waals surface area (Å²) >= 11 is 0.776. The van der Waals surface area contributed by atoms with Crippen LogP contribution in [0.15, 0.2) is 47.6 Å². The zero-order valence-corrected chi connectivity index (χ0v) is 15.8. The fourth-order valence-electron chi connectivity index (χ4n) is 2.37. The number of nitrogens with zero attached hydrogens (tertiary/aromatic N) is 4. The van der Waals surface area contributed by atoms with Crippen LogP contribution in [0.4, 0.5) is 36.4 Å². The van der Waals surface area contributed by atoms with Gasteiger partial charge in [-0.1, -0.05) is 11.8 Å². The van der Waals surface area contributed by atoms with Gasteiger partial charge in [-0.15, -0.1) is 5.10 Å². The van der Waals surface area contributed by atoms with Gasteiger partial charge in [0.15, 0.2) is 0 Å². The van der Waals surface area contributed by atoms with E-state index in [1.54, 1.807) is 0 Å². The molecule has 0 aliphatic rings. The van der Waals surface area contributed by atoms with Crippen LogP contribution < -0.4 is 5.32 Å². The highest BCUT2D eigenvalue weighted by atomic mass is 32.2. The van der Waals surface area contributed by atoms with Crippen LogP contribution in [0.5, 0.6) is 0 Å². The van der Waals surface area contributed by atoms with Crippen molar-refractivity contribution in [2.75, 3.05) is 11.1 Å². The number of carbonyl (C=O) groups is 1. The molecular weight excluding hydrogens is 455 g/mol. The lowest BCUT2D eigenvalue weighted by molar-refractivity contribution is -0.143. The predicted molar refractivity (Wildman–Crippen MR) is 94.9 cm³/mol. The molecule has 1 aromatic heterocycles. The van der Waals surface area contributed by atoms with Crippen molar-refractivity contribution >= 4 is 23.4 Å². The second kappa shape index (κ2) is 8.53. The summed E-state index contributed by atoms with van der Waals surface area (Å²) in [6.07, 6.45) is -10.1. The number of nitrogens with one attached hydrogen (secondary N) is 1. The largest absolute Gasteiger partial charge is 0.416 e. The summed E-state index contributed by atoms with van der Waals surface area (Å²) in [6.45, 7) is 0. The van der Waals surface area contributed by atoms with Gasteiger partial charge in [0, 0.05) is 5.69 Å². The molecule has 0 atom stereocenters. The predicted octanol–water partition coefficient (Wildman–Crippen LogP) is 4.57. The molecule has 3 rings (SSSR count). The Hall–Kier alpha value is -3.16. The lowest BCUT2D eigenvalue weighted by atomic mass is 10.1. The van der Waals surface area contributed by atoms with Gasteiger partial charge in [0.1, 0.15) is 5.82 Å². The number of carbonyl (C=O) groups excluding carboxylic acids is 1. The molecule has 31 heavy (non-hydrogen) atoms. The number of alkyl halides is 6. The van der Waals surface area contributed by atoms with E-state index in [4.69, 9.17) is 0 Å². The second-order valence-corrected chi connectivity index (χ2v) is 6.92. The van der Waals surface area contributed by atoms with Crippen LogP contribution >= 0.6 is 11.8 Å². The molecule has 1 N–H and O–H groups in total. The number of hydrogen-bond donors (Lipinski definition) is 1. The van der Waals surface area contributed by atoms with Gasteiger partial charge in [-0.25, -0.2) is 4.39 Å². The van der Waals surface area contributed by atoms with E-state index in [1.807, 2.05) is 5.32 Å². The van der Waals surface area contributed by atoms with E-state index in [2.05, 4.69) is 15.5 Å². The molecule has 6 nitrogen and oxygen atoms in total. The maximum absolute atomic E-state index is 13.0. The fraction of sp³-hybridized carbons (Fsp3) is 0.176. The van der Waals surface area contributed by atoms with Crippen molar-refractivity contribution in [2.45, 2.75) is 17.5 Å². The summed E-state index contributed by atoms with van der Waals surface area (Å²) in [5, 5.41) is 12.9. The van der Waals surface area contributed by atoms with Crippen molar-refractivity contribution < 1.29 is 35.5 Å². The lowest BCUT2D eigenvalue weighted by Crippen LogP contribution is -2.17. The molecule has 1 amide bonds. The third-order valence-electron chi connectivity index (χ3n) is 3.72. The zero-order chi connectivity index (χ0) is 22.8. The van der Waals surface area contributed by atoms with E-state index in [0.717, 1.165) is 23.9 Å². The standard InChI is InChI=1S/C17H10F7N5OS/c18-11-1-3-13(4-2-11)29-15(26-27-28-29)31-8-14(30)25-12-6-9(16(19,20)21)5-10(7-12)17(22,23)24/h1-7H,8H2,(H,25,30). The van der Waals surface area contributed by atoms with Crippen LogP contribution in [0, 0.1) is 5.82 Å². The molecule has 164 valence electrons. The summed E-state index contributed by atoms with van der Waals surface area (Å²) in [5.41, 5.74) is -3.39. The van der Waals surface area contributed by atoms with Gasteiger partial charge in [-0.05, 0) is 52.9 Å². The Labute approximate surface area is 173 Å². The Morgan fingerprint density at radius 1 is 0.968 bits per heavy atom. The highest BCUT2D eigenvalue weighted by molar-refractivity contribution is 7.99. The number of rotatable bonds is 5. The van der Waals surface area contributed by atoms with Crippen LogP contribution in [0.25, 0.3) is 5.69 Å². The Kier molecular flexibility index (Phi) is 6.20. The summed E-state index contributed by atoms with van der Waals surface area (Å²) in [5.74, 6) is -1.80. The SMILES string of the molecule is O=C(CSc1nnnn1-c1ccc(F)cc1)Nc1cc(C(F)(F)F)cc(C(F)(F)F)c1. The smallest absolute Gasteiger partial charge is 0.325 e. The average molecular weight is 465 g/mol. The summed E-state index contributed by atoms with van der Waals surface area (Å²) in [4.78, 5) is 12.1. The Bertz CT molecular complexity index is 1050. The zero-order valence-electron chi connectivity index (χ0n) is 15.0. The third-order valence-corrected chi connectivity index (χ3v) is 4.64. The number of hydrogen-bond acceptors (Lipinski definition) is 5. The van der Waals surface area contributed by atoms with Gasteiger partial charge >= 0.3 is 12.4 Å². The highest BCUT2D eigenvalue weighted by Crippen LogP contribution is 2.37. The number of amides is 1. The van der Waals surface area contributed by atoms with E-state index < -0.39 is 46.6 Å². The molecule has 0 aliphatic carbocycles. The van der Waals surface area contributed by atoms with Crippen molar-refractivity contribution in [1.82, 2.24) is 20.2 Å². The minimum absolute atomic E-state index is 0.0404. The monoisotopic (exact) mass is 465 g/mol. The Morgan fingerprint density at radius 3 is 2.10 bits per heavy atom. The first-order valence-electron chi connectivity index (χ1n) is 8.20. The molecule has 0 saturated heterocycles. The van der Waals surface area contributed by atoms with Gasteiger partial charge in [-0.3, -0.25) is 4.79 Å². The molecule has 0 fully saturated rings. The van der Waals surface area contributed by atoms with Crippen molar-refractivity contribution in [3.8, 4) is 5.69 Å². The summed E-state index contributed by atoms with van der Waals surface area (Å²) in [6, 6.07) is 5.82. The number of anilines is 1. The second-order valence-electron chi connectivity index (χ2n) is 5.98. The first-order chi connectivity index (χ1) is 14.4. The highest BCUT2D eigenvalue weighted by Gasteiger charge is 2.37. The molecule has 2 aromatic carbocycles. The first kappa shape index (κ1) is 22.5. The Balaban J connectivity index is 1.74. The average Bonchev–Trinajstić information content (AvgIpc) is 3.14. The van der Waals surface area contributed by atoms with Gasteiger partial charge < -0.3 is 5.32 Å². The summed E-state index contributed by atoms with van der Waals surface area (Å²) in [7, 11) is 0. The van der Waals surface area contributed by atoms with Gasteiger partial charge in [0.25, 0.3) is 0 Å². The van der Waals surface area contributed by atoms with Gasteiger partial charge in [0.2, 0.25) is 11.1 Å². The molecule has 0 saturated carbocycles. The molecule has 14 heteroatoms. The van der Waals surface area contributed by atoms with Crippen molar-refractivity contribution in [3.05, 3.63) is 59.4 Å². The molecule has 0 aliphatic heterocycles. The third kappa shape index (κ3) is 5.71. The van der Waals surface area contributed by atoms with Crippen LogP contribution in [0.3, 0.4) is 0 Å². The van der Waals surface area contributed by atoms with Gasteiger partial charge in [-0.2, -0.15) is 31.0 Å². The van der Waals surface area contributed by atoms with Crippen LogP contribution in [-0.2, 0) is 17.1 Å². The molecular formula is C17H10F7N5OS. The van der Waals surface area contributed by atoms with E-state index in [1.165, 1.54) is 16.8 Å². The van der Waals surface area contributed by atoms with E-state index >= 15 is 0 Å². The van der Waals surface area contributed by atoms with Crippen LogP contribution in [0.1, 0.15) is 11.1 Å². The number of aromatic nitrogens is 4. The number of benzene rings is 2. The van der Waals surface area contributed by atoms with E-state index in [0.29, 0.717) is 17.8 Å². The molecule has 0 radical (unpaired) electrons. The van der Waals surface area contributed by atoms with E-state index in [9.17, 15) is 35.5 Å². The molecule has 1 heterocycles. The fourth-order valence-corrected chi connectivity index (χ4v) is 3.06. The lowest BCUT2D eigenvalue weighted by Gasteiger charge is -2.14. The van der Waals surface area contributed by atoms with Crippen molar-refractivity contribution in [3.63, 3.8) is 0 Å². The Morgan fingerprint density at radius 2 is 1.55 bits per heavy atom. The van der Waals surface area contributed by atoms with Crippen LogP contribution in [0.2, 0.25) is 0 Å². The normalized spacial score (nSPS) is 12.1. The quantitative estimate of drug-likeness (QED) is 0.442. The number of halogens is 7. The minimum Gasteiger partial charge on any atom is -0.325 e. The van der Waals surface area contributed by atoms with Crippen LogP contribution in [-0.4, -0.2) is 31.9 Å². The van der Waals surface area contributed by atoms with Crippen molar-refractivity contribution in [1.29, 1.82) is 0 Å². The maximum atomic E-state index is 13.0. The molecule has 0 bridgehead atoms. The topological polar surface area (TPSA) is 72.7 Å². The van der Waals surface area contributed by atoms with Crippen molar-refractivity contribution in [2.24, 2.45) is 0 Å². The first-order valence-corrected chi connectivity index (χ1v) is 9.18. The molecule has 3 aromatic rings. The van der Waals surface area contributed by atoms with E-state index in [-0.39, 0.29) is 11.2 Å². The van der Waals surface area contributed by atoms with Gasteiger partial charge in [0.05, 0.1) is 22.6 Å². The number of thioether (sulfide) groups is 1. The number of tetrazole rings is 1. The summed E-state index contributed by atoms with van der Waals surface area (Å²) < 4.78 is 91.7. The minimum atomic E-state index is -5.03. The maximum Gasteiger partial charge on any atom is 0.416 e. The molecule has 0 unspecified atom stereocenters. The molecule has 0 spiro atoms.